The minimum atomic E-state index is -0.796. The van der Waals surface area contributed by atoms with Crippen LogP contribution in [0.1, 0.15) is 33.1 Å². The van der Waals surface area contributed by atoms with Crippen LogP contribution < -0.4 is 5.48 Å². The molecule has 3 amide bonds. The number of carbonyl (C=O) groups excluding carboxylic acids is 3. The van der Waals surface area contributed by atoms with E-state index < -0.39 is 11.9 Å². The summed E-state index contributed by atoms with van der Waals surface area (Å²) in [5.74, 6) is -1.35. The van der Waals surface area contributed by atoms with E-state index in [4.69, 9.17) is 0 Å². The maximum absolute atomic E-state index is 12.5. The number of imide groups is 1. The Hall–Kier alpha value is -1.69. The molecule has 1 saturated heterocycles. The Balaban J connectivity index is 2.25. The van der Waals surface area contributed by atoms with Gasteiger partial charge in [0.25, 0.3) is 5.91 Å². The van der Waals surface area contributed by atoms with Gasteiger partial charge >= 0.3 is 0 Å². The van der Waals surface area contributed by atoms with Crippen LogP contribution in [-0.2, 0) is 19.2 Å². The van der Waals surface area contributed by atoms with Crippen molar-refractivity contribution in [2.45, 2.75) is 39.2 Å². The first-order valence-corrected chi connectivity index (χ1v) is 7.32. The summed E-state index contributed by atoms with van der Waals surface area (Å²) in [5.41, 5.74) is 2.25. The molecule has 2 aliphatic rings. The number of amides is 3. The lowest BCUT2D eigenvalue weighted by atomic mass is 9.85. The second-order valence-electron chi connectivity index (χ2n) is 6.02. The summed E-state index contributed by atoms with van der Waals surface area (Å²) in [7, 11) is 1.33. The molecule has 0 aromatic carbocycles. The van der Waals surface area contributed by atoms with Crippen molar-refractivity contribution < 1.29 is 19.2 Å². The molecular formula is C15H22N2O4. The summed E-state index contributed by atoms with van der Waals surface area (Å²) < 4.78 is 0. The Morgan fingerprint density at radius 3 is 2.24 bits per heavy atom. The van der Waals surface area contributed by atoms with Crippen molar-refractivity contribution in [3.05, 3.63) is 12.2 Å². The van der Waals surface area contributed by atoms with Crippen molar-refractivity contribution in [2.75, 3.05) is 7.11 Å². The number of nitrogens with one attached hydrogen (secondary N) is 1. The van der Waals surface area contributed by atoms with Gasteiger partial charge in [0.15, 0.2) is 0 Å². The Bertz CT molecular complexity index is 446. The van der Waals surface area contributed by atoms with E-state index in [2.05, 4.69) is 10.3 Å². The van der Waals surface area contributed by atoms with E-state index in [1.165, 1.54) is 7.11 Å². The van der Waals surface area contributed by atoms with Crippen LogP contribution >= 0.6 is 0 Å². The Morgan fingerprint density at radius 2 is 1.81 bits per heavy atom. The molecule has 0 unspecified atom stereocenters. The maximum Gasteiger partial charge on any atom is 0.266 e. The number of likely N-dealkylation sites (tertiary alicyclic amines) is 1. The first-order chi connectivity index (χ1) is 9.97. The van der Waals surface area contributed by atoms with E-state index in [1.807, 2.05) is 26.0 Å². The molecule has 3 atom stereocenters. The molecule has 0 aromatic heterocycles. The van der Waals surface area contributed by atoms with E-state index in [-0.39, 0.29) is 29.6 Å². The number of rotatable bonds is 5. The van der Waals surface area contributed by atoms with Crippen LogP contribution in [0.2, 0.25) is 0 Å². The highest BCUT2D eigenvalue weighted by molar-refractivity contribution is 6.08. The Labute approximate surface area is 124 Å². The largest absolute Gasteiger partial charge is 0.277 e. The van der Waals surface area contributed by atoms with Crippen molar-refractivity contribution in [3.8, 4) is 0 Å². The highest BCUT2D eigenvalue weighted by atomic mass is 16.6. The fourth-order valence-corrected chi connectivity index (χ4v) is 3.08. The molecule has 1 fully saturated rings. The number of hydrogen-bond acceptors (Lipinski definition) is 4. The van der Waals surface area contributed by atoms with Gasteiger partial charge in [0.1, 0.15) is 6.04 Å². The normalized spacial score (nSPS) is 26.2. The van der Waals surface area contributed by atoms with Crippen molar-refractivity contribution in [1.29, 1.82) is 0 Å². The first kappa shape index (κ1) is 15.7. The minimum absolute atomic E-state index is 0.180. The fraction of sp³-hybridized carbons (Fsp3) is 0.667. The molecule has 2 rings (SSSR count). The van der Waals surface area contributed by atoms with Crippen molar-refractivity contribution >= 4 is 17.7 Å². The molecule has 21 heavy (non-hydrogen) atoms. The van der Waals surface area contributed by atoms with Gasteiger partial charge in [0, 0.05) is 0 Å². The zero-order valence-corrected chi connectivity index (χ0v) is 12.7. The first-order valence-electron chi connectivity index (χ1n) is 7.32. The molecular weight excluding hydrogens is 272 g/mol. The zero-order chi connectivity index (χ0) is 15.6. The lowest BCUT2D eigenvalue weighted by Crippen LogP contribution is -2.50. The molecule has 0 saturated carbocycles. The van der Waals surface area contributed by atoms with Crippen LogP contribution in [0.15, 0.2) is 12.2 Å². The lowest BCUT2D eigenvalue weighted by molar-refractivity contribution is -0.152. The third kappa shape index (κ3) is 3.00. The number of nitrogens with zero attached hydrogens (tertiary/aromatic N) is 1. The molecule has 1 heterocycles. The lowest BCUT2D eigenvalue weighted by Gasteiger charge is -2.26. The highest BCUT2D eigenvalue weighted by Crippen LogP contribution is 2.36. The summed E-state index contributed by atoms with van der Waals surface area (Å²) in [6.07, 6.45) is 5.45. The standard InChI is InChI=1S/C15H22N2O4/c1-9(2)8-12(13(18)16-21-3)17-14(19)10-6-4-5-7-11(10)15(17)20/h4-5,9-12H,6-8H2,1-3H3,(H,16,18)/t10-,11+,12-/m1/s1. The minimum Gasteiger partial charge on any atom is -0.277 e. The van der Waals surface area contributed by atoms with E-state index in [1.54, 1.807) is 0 Å². The van der Waals surface area contributed by atoms with Crippen LogP contribution in [0.5, 0.6) is 0 Å². The molecule has 0 bridgehead atoms. The molecule has 116 valence electrons. The van der Waals surface area contributed by atoms with Crippen LogP contribution in [0, 0.1) is 17.8 Å². The summed E-state index contributed by atoms with van der Waals surface area (Å²) in [5, 5.41) is 0. The molecule has 1 aliphatic heterocycles. The predicted octanol–water partition coefficient (Wildman–Crippen LogP) is 1.03. The number of fused-ring (bicyclic) bond motifs is 1. The zero-order valence-electron chi connectivity index (χ0n) is 12.7. The molecule has 6 nitrogen and oxygen atoms in total. The highest BCUT2D eigenvalue weighted by Gasteiger charge is 2.51. The number of hydrogen-bond donors (Lipinski definition) is 1. The third-order valence-electron chi connectivity index (χ3n) is 4.05. The van der Waals surface area contributed by atoms with Crippen molar-refractivity contribution in [3.63, 3.8) is 0 Å². The predicted molar refractivity (Wildman–Crippen MR) is 75.6 cm³/mol. The number of allylic oxidation sites excluding steroid dienone is 2. The smallest absolute Gasteiger partial charge is 0.266 e. The molecule has 0 aromatic rings. The molecule has 0 radical (unpaired) electrons. The van der Waals surface area contributed by atoms with Crippen molar-refractivity contribution in [2.24, 2.45) is 17.8 Å². The van der Waals surface area contributed by atoms with Gasteiger partial charge in [0.05, 0.1) is 18.9 Å². The topological polar surface area (TPSA) is 75.7 Å². The quantitative estimate of drug-likeness (QED) is 0.467. The SMILES string of the molecule is CONC(=O)[C@@H](CC(C)C)N1C(=O)[C@H]2CC=CC[C@H]2C1=O. The second-order valence-corrected chi connectivity index (χ2v) is 6.02. The summed E-state index contributed by atoms with van der Waals surface area (Å²) >= 11 is 0. The maximum atomic E-state index is 12.5. The van der Waals surface area contributed by atoms with Crippen LogP contribution in [0.25, 0.3) is 0 Å². The van der Waals surface area contributed by atoms with E-state index in [0.717, 1.165) is 4.90 Å². The average Bonchev–Trinajstić information content (AvgIpc) is 2.69. The van der Waals surface area contributed by atoms with Crippen molar-refractivity contribution in [1.82, 2.24) is 10.4 Å². The van der Waals surface area contributed by atoms with E-state index in [9.17, 15) is 14.4 Å². The van der Waals surface area contributed by atoms with Crippen LogP contribution in [-0.4, -0.2) is 35.8 Å². The molecule has 6 heteroatoms. The van der Waals surface area contributed by atoms with Gasteiger partial charge < -0.3 is 0 Å². The summed E-state index contributed by atoms with van der Waals surface area (Å²) in [6.45, 7) is 3.90. The summed E-state index contributed by atoms with van der Waals surface area (Å²) in [6, 6.07) is -0.796. The Kier molecular flexibility index (Phi) is 4.77. The monoisotopic (exact) mass is 294 g/mol. The summed E-state index contributed by atoms with van der Waals surface area (Å²) in [4.78, 5) is 43.0. The van der Waals surface area contributed by atoms with Gasteiger partial charge in [-0.25, -0.2) is 5.48 Å². The van der Waals surface area contributed by atoms with Gasteiger partial charge in [-0.2, -0.15) is 0 Å². The van der Waals surface area contributed by atoms with E-state index >= 15 is 0 Å². The van der Waals surface area contributed by atoms with Gasteiger partial charge in [-0.15, -0.1) is 0 Å². The third-order valence-corrected chi connectivity index (χ3v) is 4.05. The second kappa shape index (κ2) is 6.39. The van der Waals surface area contributed by atoms with Gasteiger partial charge in [-0.05, 0) is 25.2 Å². The molecule has 1 N–H and O–H groups in total. The molecule has 0 spiro atoms. The Morgan fingerprint density at radius 1 is 1.29 bits per heavy atom. The molecule has 1 aliphatic carbocycles. The number of hydroxylamine groups is 1. The van der Waals surface area contributed by atoms with Gasteiger partial charge in [-0.1, -0.05) is 26.0 Å². The van der Waals surface area contributed by atoms with E-state index in [0.29, 0.717) is 19.3 Å². The average molecular weight is 294 g/mol. The van der Waals surface area contributed by atoms with Crippen LogP contribution in [0.4, 0.5) is 0 Å². The number of carbonyl (C=O) groups is 3. The van der Waals surface area contributed by atoms with Gasteiger partial charge in [-0.3, -0.25) is 24.1 Å². The fourth-order valence-electron chi connectivity index (χ4n) is 3.08. The van der Waals surface area contributed by atoms with Crippen LogP contribution in [0.3, 0.4) is 0 Å². The van der Waals surface area contributed by atoms with Gasteiger partial charge in [0.2, 0.25) is 11.8 Å².